The third-order valence-electron chi connectivity index (χ3n) is 5.17. The fraction of sp³-hybridized carbons (Fsp3) is 0.474. The van der Waals surface area contributed by atoms with Gasteiger partial charge in [-0.25, -0.2) is 4.98 Å². The van der Waals surface area contributed by atoms with Crippen molar-refractivity contribution in [2.75, 3.05) is 26.2 Å². The van der Waals surface area contributed by atoms with Gasteiger partial charge in [0, 0.05) is 25.7 Å². The summed E-state index contributed by atoms with van der Waals surface area (Å²) in [5.41, 5.74) is -0.603. The van der Waals surface area contributed by atoms with Crippen molar-refractivity contribution in [2.45, 2.75) is 31.7 Å². The molecular weight excluding hydrogens is 375 g/mol. The molecule has 0 bridgehead atoms. The summed E-state index contributed by atoms with van der Waals surface area (Å²) in [6.45, 7) is 3.12. The summed E-state index contributed by atoms with van der Waals surface area (Å²) < 4.78 is 48.9. The molecule has 2 fully saturated rings. The van der Waals surface area contributed by atoms with Gasteiger partial charge in [0.15, 0.2) is 12.3 Å². The fourth-order valence-electron chi connectivity index (χ4n) is 3.72. The standard InChI is InChI=1S/C19H20F3N3O3/c20-19(21,22)13-3-1-5-15(9-13)27-12-17-23-16(11-28-17)18(26)25-8-7-24-6-2-4-14(24)10-25/h1,3,5,9,11,14H,2,4,6-8,10,12H2/t14-/m1/s1. The van der Waals surface area contributed by atoms with Gasteiger partial charge in [-0.2, -0.15) is 13.2 Å². The van der Waals surface area contributed by atoms with Gasteiger partial charge in [-0.3, -0.25) is 9.69 Å². The van der Waals surface area contributed by atoms with Crippen molar-refractivity contribution >= 4 is 5.91 Å². The third-order valence-corrected chi connectivity index (χ3v) is 5.17. The van der Waals surface area contributed by atoms with E-state index in [0.29, 0.717) is 19.1 Å². The molecular formula is C19H20F3N3O3. The van der Waals surface area contributed by atoms with E-state index in [2.05, 4.69) is 9.88 Å². The minimum atomic E-state index is -4.44. The van der Waals surface area contributed by atoms with Gasteiger partial charge in [0.1, 0.15) is 12.0 Å². The number of hydrogen-bond donors (Lipinski definition) is 0. The second kappa shape index (κ2) is 7.46. The quantitative estimate of drug-likeness (QED) is 0.796. The second-order valence-corrected chi connectivity index (χ2v) is 7.02. The predicted molar refractivity (Wildman–Crippen MR) is 92.8 cm³/mol. The maximum absolute atomic E-state index is 12.7. The second-order valence-electron chi connectivity index (χ2n) is 7.02. The van der Waals surface area contributed by atoms with Crippen LogP contribution in [0.3, 0.4) is 0 Å². The summed E-state index contributed by atoms with van der Waals surface area (Å²) in [6.07, 6.45) is -0.911. The Hall–Kier alpha value is -2.55. The van der Waals surface area contributed by atoms with E-state index in [1.807, 2.05) is 0 Å². The van der Waals surface area contributed by atoms with E-state index in [1.54, 1.807) is 4.90 Å². The Bertz CT molecular complexity index is 852. The Labute approximate surface area is 159 Å². The monoisotopic (exact) mass is 395 g/mol. The van der Waals surface area contributed by atoms with Crippen LogP contribution in [0.1, 0.15) is 34.8 Å². The highest BCUT2D eigenvalue weighted by Gasteiger charge is 2.33. The number of ether oxygens (including phenoxy) is 1. The zero-order valence-corrected chi connectivity index (χ0v) is 15.1. The molecule has 1 atom stereocenters. The summed E-state index contributed by atoms with van der Waals surface area (Å²) in [5.74, 6) is -0.000797. The molecule has 0 spiro atoms. The van der Waals surface area contributed by atoms with Crippen molar-refractivity contribution in [3.8, 4) is 5.75 Å². The summed E-state index contributed by atoms with van der Waals surface area (Å²) in [7, 11) is 0. The molecule has 1 amide bonds. The van der Waals surface area contributed by atoms with Crippen LogP contribution in [0.4, 0.5) is 13.2 Å². The fourth-order valence-corrected chi connectivity index (χ4v) is 3.72. The molecule has 2 aliphatic heterocycles. The number of benzene rings is 1. The van der Waals surface area contributed by atoms with Gasteiger partial charge in [-0.15, -0.1) is 0 Å². The van der Waals surface area contributed by atoms with E-state index in [9.17, 15) is 18.0 Å². The lowest BCUT2D eigenvalue weighted by molar-refractivity contribution is -0.137. The van der Waals surface area contributed by atoms with E-state index in [-0.39, 0.29) is 29.8 Å². The number of aromatic nitrogens is 1. The van der Waals surface area contributed by atoms with E-state index in [0.717, 1.165) is 38.1 Å². The zero-order valence-electron chi connectivity index (χ0n) is 15.1. The lowest BCUT2D eigenvalue weighted by Gasteiger charge is -2.37. The number of fused-ring (bicyclic) bond motifs is 1. The zero-order chi connectivity index (χ0) is 19.7. The van der Waals surface area contributed by atoms with Crippen LogP contribution in [0.2, 0.25) is 0 Å². The van der Waals surface area contributed by atoms with E-state index in [4.69, 9.17) is 9.15 Å². The number of carbonyl (C=O) groups is 1. The molecule has 3 heterocycles. The molecule has 6 nitrogen and oxygen atoms in total. The molecule has 2 aromatic rings. The van der Waals surface area contributed by atoms with Crippen LogP contribution in [-0.4, -0.2) is 52.9 Å². The van der Waals surface area contributed by atoms with E-state index in [1.165, 1.54) is 18.4 Å². The van der Waals surface area contributed by atoms with Gasteiger partial charge >= 0.3 is 6.18 Å². The maximum atomic E-state index is 12.7. The number of carbonyl (C=O) groups excluding carboxylic acids is 1. The number of piperazine rings is 1. The number of amides is 1. The lowest BCUT2D eigenvalue weighted by atomic mass is 10.1. The Balaban J connectivity index is 1.36. The third kappa shape index (κ3) is 3.99. The molecule has 9 heteroatoms. The number of hydrogen-bond acceptors (Lipinski definition) is 5. The number of rotatable bonds is 4. The van der Waals surface area contributed by atoms with Crippen molar-refractivity contribution < 1.29 is 27.1 Å². The highest BCUT2D eigenvalue weighted by Crippen LogP contribution is 2.31. The molecule has 2 aliphatic rings. The minimum absolute atomic E-state index is 0.0539. The van der Waals surface area contributed by atoms with E-state index >= 15 is 0 Å². The van der Waals surface area contributed by atoms with E-state index < -0.39 is 11.7 Å². The van der Waals surface area contributed by atoms with Crippen molar-refractivity contribution in [1.29, 1.82) is 0 Å². The predicted octanol–water partition coefficient (Wildman–Crippen LogP) is 3.19. The first-order valence-corrected chi connectivity index (χ1v) is 9.18. The van der Waals surface area contributed by atoms with Crippen molar-refractivity contribution in [3.05, 3.63) is 47.7 Å². The smallest absolute Gasteiger partial charge is 0.416 e. The van der Waals surface area contributed by atoms with Gasteiger partial charge in [0.2, 0.25) is 5.89 Å². The first-order chi connectivity index (χ1) is 13.4. The first-order valence-electron chi connectivity index (χ1n) is 9.18. The molecule has 0 N–H and O–H groups in total. The Morgan fingerprint density at radius 3 is 2.96 bits per heavy atom. The Morgan fingerprint density at radius 2 is 2.14 bits per heavy atom. The minimum Gasteiger partial charge on any atom is -0.484 e. The molecule has 0 saturated carbocycles. The lowest BCUT2D eigenvalue weighted by Crippen LogP contribution is -2.52. The van der Waals surface area contributed by atoms with Crippen molar-refractivity contribution in [2.24, 2.45) is 0 Å². The van der Waals surface area contributed by atoms with Gasteiger partial charge in [0.25, 0.3) is 5.91 Å². The van der Waals surface area contributed by atoms with Crippen LogP contribution >= 0.6 is 0 Å². The van der Waals surface area contributed by atoms with Crippen LogP contribution in [0.25, 0.3) is 0 Å². The molecule has 4 rings (SSSR count). The van der Waals surface area contributed by atoms with Crippen LogP contribution in [0.5, 0.6) is 5.75 Å². The average Bonchev–Trinajstić information content (AvgIpc) is 3.34. The van der Waals surface area contributed by atoms with Gasteiger partial charge in [-0.1, -0.05) is 6.07 Å². The topological polar surface area (TPSA) is 58.8 Å². The number of alkyl halides is 3. The molecule has 2 saturated heterocycles. The molecule has 0 unspecified atom stereocenters. The molecule has 0 radical (unpaired) electrons. The van der Waals surface area contributed by atoms with Gasteiger partial charge in [-0.05, 0) is 37.6 Å². The van der Waals surface area contributed by atoms with Crippen molar-refractivity contribution in [3.63, 3.8) is 0 Å². The van der Waals surface area contributed by atoms with Crippen LogP contribution in [0, 0.1) is 0 Å². The highest BCUT2D eigenvalue weighted by atomic mass is 19.4. The first kappa shape index (κ1) is 18.8. The van der Waals surface area contributed by atoms with Crippen LogP contribution < -0.4 is 4.74 Å². The van der Waals surface area contributed by atoms with Gasteiger partial charge in [0.05, 0.1) is 5.56 Å². The number of oxazole rings is 1. The largest absolute Gasteiger partial charge is 0.484 e. The summed E-state index contributed by atoms with van der Waals surface area (Å²) in [6, 6.07) is 4.99. The SMILES string of the molecule is O=C(c1coc(COc2cccc(C(F)(F)F)c2)n1)N1CCN2CCC[C@@H]2C1. The highest BCUT2D eigenvalue weighted by molar-refractivity contribution is 5.92. The summed E-state index contributed by atoms with van der Waals surface area (Å²) in [5, 5.41) is 0. The van der Waals surface area contributed by atoms with Crippen molar-refractivity contribution in [1.82, 2.24) is 14.8 Å². The van der Waals surface area contributed by atoms with Crippen LogP contribution in [0.15, 0.2) is 34.9 Å². The molecule has 150 valence electrons. The van der Waals surface area contributed by atoms with Gasteiger partial charge < -0.3 is 14.1 Å². The number of nitrogens with zero attached hydrogens (tertiary/aromatic N) is 3. The maximum Gasteiger partial charge on any atom is 0.416 e. The molecule has 1 aromatic carbocycles. The van der Waals surface area contributed by atoms with Crippen LogP contribution in [-0.2, 0) is 12.8 Å². The normalized spacial score (nSPS) is 20.2. The molecule has 1 aromatic heterocycles. The molecule has 28 heavy (non-hydrogen) atoms. The Morgan fingerprint density at radius 1 is 1.29 bits per heavy atom. The Kier molecular flexibility index (Phi) is 5.01. The average molecular weight is 395 g/mol. The summed E-state index contributed by atoms with van der Waals surface area (Å²) >= 11 is 0. The number of halogens is 3. The molecule has 0 aliphatic carbocycles. The summed E-state index contributed by atoms with van der Waals surface area (Å²) in [4.78, 5) is 21.0.